The van der Waals surface area contributed by atoms with Crippen LogP contribution < -0.4 is 15.2 Å². The number of likely N-dealkylation sites (tertiary alicyclic amines) is 1. The summed E-state index contributed by atoms with van der Waals surface area (Å²) < 4.78 is 11.5. The minimum atomic E-state index is 0.275. The summed E-state index contributed by atoms with van der Waals surface area (Å²) >= 11 is 0. The zero-order valence-corrected chi connectivity index (χ0v) is 13.1. The summed E-state index contributed by atoms with van der Waals surface area (Å²) in [6, 6.07) is 4.32. The molecule has 116 valence electrons. The van der Waals surface area contributed by atoms with Crippen LogP contribution >= 0.6 is 0 Å². The predicted octanol–water partition coefficient (Wildman–Crippen LogP) is 2.19. The van der Waals surface area contributed by atoms with Crippen molar-refractivity contribution in [3.8, 4) is 11.5 Å². The van der Waals surface area contributed by atoms with E-state index in [4.69, 9.17) is 15.2 Å². The average molecular weight is 290 g/mol. The number of piperidine rings is 1. The van der Waals surface area contributed by atoms with Crippen LogP contribution in [0.3, 0.4) is 0 Å². The maximum absolute atomic E-state index is 5.88. The zero-order valence-electron chi connectivity index (χ0n) is 13.1. The topological polar surface area (TPSA) is 47.7 Å². The van der Waals surface area contributed by atoms with Gasteiger partial charge in [-0.05, 0) is 50.9 Å². The molecule has 1 fully saturated rings. The fraction of sp³-hybridized carbons (Fsp3) is 0.647. The number of ether oxygens (including phenoxy) is 2. The molecule has 1 aromatic carbocycles. The fourth-order valence-corrected chi connectivity index (χ4v) is 3.52. The number of nitrogens with two attached hydrogens (primary N) is 1. The first kappa shape index (κ1) is 14.7. The smallest absolute Gasteiger partial charge is 0.123 e. The van der Waals surface area contributed by atoms with Crippen LogP contribution in [-0.2, 0) is 13.0 Å². The quantitative estimate of drug-likeness (QED) is 0.923. The number of rotatable bonds is 4. The maximum Gasteiger partial charge on any atom is 0.123 e. The molecule has 2 unspecified atom stereocenters. The molecule has 4 nitrogen and oxygen atoms in total. The molecule has 2 aliphatic rings. The van der Waals surface area contributed by atoms with Crippen LogP contribution in [-0.4, -0.2) is 37.7 Å². The Labute approximate surface area is 127 Å². The second-order valence-electron chi connectivity index (χ2n) is 6.38. The lowest BCUT2D eigenvalue weighted by molar-refractivity contribution is 0.169. The second kappa shape index (κ2) is 6.24. The van der Waals surface area contributed by atoms with Gasteiger partial charge in [0.2, 0.25) is 0 Å². The summed E-state index contributed by atoms with van der Waals surface area (Å²) in [7, 11) is 1.75. The lowest BCUT2D eigenvalue weighted by Gasteiger charge is -2.32. The summed E-state index contributed by atoms with van der Waals surface area (Å²) in [5, 5.41) is 0. The second-order valence-corrected chi connectivity index (χ2v) is 6.38. The molecule has 2 aliphatic heterocycles. The number of methoxy groups -OCH3 is 1. The third-order valence-electron chi connectivity index (χ3n) is 4.63. The Balaban J connectivity index is 1.77. The van der Waals surface area contributed by atoms with E-state index in [1.807, 2.05) is 0 Å². The van der Waals surface area contributed by atoms with Gasteiger partial charge in [-0.25, -0.2) is 0 Å². The number of fused-ring (bicyclic) bond motifs is 1. The third kappa shape index (κ3) is 3.16. The van der Waals surface area contributed by atoms with Gasteiger partial charge in [-0.1, -0.05) is 0 Å². The minimum absolute atomic E-state index is 0.275. The van der Waals surface area contributed by atoms with Crippen LogP contribution in [0.4, 0.5) is 0 Å². The lowest BCUT2D eigenvalue weighted by Crippen LogP contribution is -2.37. The molecule has 21 heavy (non-hydrogen) atoms. The summed E-state index contributed by atoms with van der Waals surface area (Å²) in [6.07, 6.45) is 3.75. The summed E-state index contributed by atoms with van der Waals surface area (Å²) in [5.74, 6) is 2.66. The molecule has 0 saturated carbocycles. The first-order valence-corrected chi connectivity index (χ1v) is 7.98. The molecular weight excluding hydrogens is 264 g/mol. The van der Waals surface area contributed by atoms with Crippen molar-refractivity contribution in [1.29, 1.82) is 0 Å². The highest BCUT2D eigenvalue weighted by Gasteiger charge is 2.24. The first-order valence-electron chi connectivity index (χ1n) is 7.98. The molecular formula is C17H26N2O2. The SMILES string of the molecule is COc1cc2c(cc1CN1CCCC(CN)C1)OC(C)C2. The van der Waals surface area contributed by atoms with Gasteiger partial charge in [0.05, 0.1) is 7.11 Å². The van der Waals surface area contributed by atoms with E-state index in [0.717, 1.165) is 44.1 Å². The highest BCUT2D eigenvalue weighted by atomic mass is 16.5. The van der Waals surface area contributed by atoms with Crippen molar-refractivity contribution in [2.24, 2.45) is 11.7 Å². The van der Waals surface area contributed by atoms with E-state index in [0.29, 0.717) is 5.92 Å². The van der Waals surface area contributed by atoms with E-state index in [9.17, 15) is 0 Å². The van der Waals surface area contributed by atoms with Gasteiger partial charge in [0.15, 0.2) is 0 Å². The monoisotopic (exact) mass is 290 g/mol. The molecule has 1 saturated heterocycles. The van der Waals surface area contributed by atoms with Crippen LogP contribution in [0.15, 0.2) is 12.1 Å². The maximum atomic E-state index is 5.88. The van der Waals surface area contributed by atoms with E-state index < -0.39 is 0 Å². The number of hydrogen-bond donors (Lipinski definition) is 1. The normalized spacial score (nSPS) is 25.5. The molecule has 2 atom stereocenters. The zero-order chi connectivity index (χ0) is 14.8. The van der Waals surface area contributed by atoms with E-state index in [-0.39, 0.29) is 6.10 Å². The van der Waals surface area contributed by atoms with E-state index in [1.165, 1.54) is 24.0 Å². The van der Waals surface area contributed by atoms with Gasteiger partial charge in [-0.15, -0.1) is 0 Å². The summed E-state index contributed by atoms with van der Waals surface area (Å²) in [4.78, 5) is 2.49. The molecule has 0 aliphatic carbocycles. The minimum Gasteiger partial charge on any atom is -0.496 e. The lowest BCUT2D eigenvalue weighted by atomic mass is 9.97. The summed E-state index contributed by atoms with van der Waals surface area (Å²) in [5.41, 5.74) is 8.32. The Morgan fingerprint density at radius 2 is 2.29 bits per heavy atom. The number of hydrogen-bond acceptors (Lipinski definition) is 4. The van der Waals surface area contributed by atoms with Gasteiger partial charge in [-0.3, -0.25) is 4.90 Å². The van der Waals surface area contributed by atoms with Gasteiger partial charge in [0.25, 0.3) is 0 Å². The third-order valence-corrected chi connectivity index (χ3v) is 4.63. The molecule has 3 rings (SSSR count). The molecule has 0 aromatic heterocycles. The van der Waals surface area contributed by atoms with E-state index in [1.54, 1.807) is 7.11 Å². The van der Waals surface area contributed by atoms with Gasteiger partial charge < -0.3 is 15.2 Å². The van der Waals surface area contributed by atoms with Crippen molar-refractivity contribution in [2.75, 3.05) is 26.7 Å². The Morgan fingerprint density at radius 1 is 1.43 bits per heavy atom. The van der Waals surface area contributed by atoms with E-state index >= 15 is 0 Å². The Kier molecular flexibility index (Phi) is 4.36. The largest absolute Gasteiger partial charge is 0.496 e. The van der Waals surface area contributed by atoms with Crippen molar-refractivity contribution in [1.82, 2.24) is 4.90 Å². The Hall–Kier alpha value is -1.26. The van der Waals surface area contributed by atoms with Crippen LogP contribution in [0.25, 0.3) is 0 Å². The van der Waals surface area contributed by atoms with Gasteiger partial charge >= 0.3 is 0 Å². The van der Waals surface area contributed by atoms with Crippen LogP contribution in [0.2, 0.25) is 0 Å². The van der Waals surface area contributed by atoms with Gasteiger partial charge in [-0.2, -0.15) is 0 Å². The number of nitrogens with zero attached hydrogens (tertiary/aromatic N) is 1. The Morgan fingerprint density at radius 3 is 3.05 bits per heavy atom. The molecule has 2 heterocycles. The van der Waals surface area contributed by atoms with Crippen LogP contribution in [0.1, 0.15) is 30.9 Å². The van der Waals surface area contributed by atoms with Crippen molar-refractivity contribution in [3.05, 3.63) is 23.3 Å². The first-order chi connectivity index (χ1) is 10.2. The number of benzene rings is 1. The van der Waals surface area contributed by atoms with Crippen LogP contribution in [0.5, 0.6) is 11.5 Å². The molecule has 4 heteroatoms. The average Bonchev–Trinajstić information content (AvgIpc) is 2.85. The highest BCUT2D eigenvalue weighted by molar-refractivity contribution is 5.48. The fourth-order valence-electron chi connectivity index (χ4n) is 3.52. The van der Waals surface area contributed by atoms with Crippen molar-refractivity contribution in [3.63, 3.8) is 0 Å². The van der Waals surface area contributed by atoms with Crippen molar-refractivity contribution >= 4 is 0 Å². The molecule has 0 radical (unpaired) electrons. The molecule has 1 aromatic rings. The molecule has 0 spiro atoms. The van der Waals surface area contributed by atoms with Gasteiger partial charge in [0.1, 0.15) is 17.6 Å². The van der Waals surface area contributed by atoms with Crippen molar-refractivity contribution in [2.45, 2.75) is 38.8 Å². The molecule has 0 amide bonds. The van der Waals surface area contributed by atoms with Gasteiger partial charge in [0, 0.05) is 30.6 Å². The molecule has 2 N–H and O–H groups in total. The summed E-state index contributed by atoms with van der Waals surface area (Å²) in [6.45, 7) is 6.06. The highest BCUT2D eigenvalue weighted by Crippen LogP contribution is 2.35. The van der Waals surface area contributed by atoms with Crippen LogP contribution in [0, 0.1) is 5.92 Å². The molecule has 0 bridgehead atoms. The Bertz CT molecular complexity index is 504. The van der Waals surface area contributed by atoms with Crippen molar-refractivity contribution < 1.29 is 9.47 Å². The van der Waals surface area contributed by atoms with E-state index in [2.05, 4.69) is 24.0 Å². The predicted molar refractivity (Wildman–Crippen MR) is 83.8 cm³/mol. The standard InChI is InChI=1S/C17H26N2O2/c1-12-6-14-7-16(20-2)15(8-17(14)21-12)11-19-5-3-4-13(9-18)10-19/h7-8,12-13H,3-6,9-11,18H2,1-2H3.